The number of aromatic nitrogens is 2. The van der Waals surface area contributed by atoms with Gasteiger partial charge in [0, 0.05) is 17.0 Å². The summed E-state index contributed by atoms with van der Waals surface area (Å²) in [6, 6.07) is 6.03. The fraction of sp³-hybridized carbons (Fsp3) is 0.333. The lowest BCUT2D eigenvalue weighted by Crippen LogP contribution is -1.88. The average molecular weight is 218 g/mol. The minimum absolute atomic E-state index is 0.494. The molecule has 2 rings (SSSR count). The van der Waals surface area contributed by atoms with Crippen molar-refractivity contribution in [3.05, 3.63) is 34.3 Å². The smallest absolute Gasteiger partial charge is 0.0998 e. The second kappa shape index (κ2) is 4.11. The zero-order chi connectivity index (χ0) is 10.8. The van der Waals surface area contributed by atoms with Crippen molar-refractivity contribution in [2.45, 2.75) is 26.7 Å². The van der Waals surface area contributed by atoms with E-state index in [-0.39, 0.29) is 0 Å². The Kier molecular flexibility index (Phi) is 2.82. The standard InChI is InChI=1S/C12H14N2S/c1-8(2)12-14-11(7-15-12)10-6-4-5-9(3)13-10/h4-8H,1-3H3. The van der Waals surface area contributed by atoms with E-state index in [1.807, 2.05) is 25.1 Å². The third-order valence-electron chi connectivity index (χ3n) is 2.17. The topological polar surface area (TPSA) is 25.8 Å². The summed E-state index contributed by atoms with van der Waals surface area (Å²) in [7, 11) is 0. The molecule has 2 aromatic rings. The van der Waals surface area contributed by atoms with Crippen molar-refractivity contribution < 1.29 is 0 Å². The van der Waals surface area contributed by atoms with Gasteiger partial charge in [-0.25, -0.2) is 4.98 Å². The number of thiazole rings is 1. The van der Waals surface area contributed by atoms with Gasteiger partial charge in [0.1, 0.15) is 0 Å². The molecule has 2 aromatic heterocycles. The van der Waals surface area contributed by atoms with Crippen LogP contribution >= 0.6 is 11.3 Å². The monoisotopic (exact) mass is 218 g/mol. The molecule has 0 bridgehead atoms. The largest absolute Gasteiger partial charge is 0.251 e. The molecule has 0 aliphatic rings. The van der Waals surface area contributed by atoms with Gasteiger partial charge in [-0.3, -0.25) is 4.98 Å². The van der Waals surface area contributed by atoms with Gasteiger partial charge in [0.15, 0.2) is 0 Å². The lowest BCUT2D eigenvalue weighted by Gasteiger charge is -1.98. The maximum Gasteiger partial charge on any atom is 0.0998 e. The number of nitrogens with zero attached hydrogens (tertiary/aromatic N) is 2. The summed E-state index contributed by atoms with van der Waals surface area (Å²) in [4.78, 5) is 9.04. The van der Waals surface area contributed by atoms with Crippen LogP contribution in [0.5, 0.6) is 0 Å². The van der Waals surface area contributed by atoms with Crippen LogP contribution in [-0.2, 0) is 0 Å². The lowest BCUT2D eigenvalue weighted by molar-refractivity contribution is 0.853. The fourth-order valence-electron chi connectivity index (χ4n) is 1.36. The molecular weight excluding hydrogens is 204 g/mol. The molecule has 2 heterocycles. The van der Waals surface area contributed by atoms with Gasteiger partial charge in [0.25, 0.3) is 0 Å². The third kappa shape index (κ3) is 2.23. The number of hydrogen-bond acceptors (Lipinski definition) is 3. The first-order chi connectivity index (χ1) is 7.16. The van der Waals surface area contributed by atoms with Gasteiger partial charge >= 0.3 is 0 Å². The first kappa shape index (κ1) is 10.3. The van der Waals surface area contributed by atoms with Crippen LogP contribution in [0.1, 0.15) is 30.5 Å². The molecule has 0 aliphatic carbocycles. The number of rotatable bonds is 2. The summed E-state index contributed by atoms with van der Waals surface area (Å²) in [6.45, 7) is 6.32. The second-order valence-electron chi connectivity index (χ2n) is 3.89. The first-order valence-electron chi connectivity index (χ1n) is 5.06. The summed E-state index contributed by atoms with van der Waals surface area (Å²) >= 11 is 1.71. The highest BCUT2D eigenvalue weighted by Gasteiger charge is 2.08. The van der Waals surface area contributed by atoms with Crippen molar-refractivity contribution in [2.75, 3.05) is 0 Å². The predicted octanol–water partition coefficient (Wildman–Crippen LogP) is 3.64. The molecule has 0 saturated heterocycles. The summed E-state index contributed by atoms with van der Waals surface area (Å²) < 4.78 is 0. The van der Waals surface area contributed by atoms with Crippen LogP contribution in [-0.4, -0.2) is 9.97 Å². The molecule has 15 heavy (non-hydrogen) atoms. The Balaban J connectivity index is 2.37. The molecule has 0 aromatic carbocycles. The molecular formula is C12H14N2S. The van der Waals surface area contributed by atoms with Crippen molar-refractivity contribution in [3.63, 3.8) is 0 Å². The van der Waals surface area contributed by atoms with Crippen LogP contribution in [0.4, 0.5) is 0 Å². The SMILES string of the molecule is Cc1cccc(-c2csc(C(C)C)n2)n1. The van der Waals surface area contributed by atoms with Crippen molar-refractivity contribution >= 4 is 11.3 Å². The number of hydrogen-bond donors (Lipinski definition) is 0. The molecule has 0 radical (unpaired) electrons. The van der Waals surface area contributed by atoms with E-state index in [1.165, 1.54) is 5.01 Å². The molecule has 3 heteroatoms. The molecule has 0 fully saturated rings. The van der Waals surface area contributed by atoms with Crippen molar-refractivity contribution in [3.8, 4) is 11.4 Å². The van der Waals surface area contributed by atoms with Crippen molar-refractivity contribution in [2.24, 2.45) is 0 Å². The Morgan fingerprint density at radius 3 is 2.53 bits per heavy atom. The Morgan fingerprint density at radius 1 is 1.13 bits per heavy atom. The molecule has 0 amide bonds. The van der Waals surface area contributed by atoms with E-state index in [9.17, 15) is 0 Å². The molecule has 2 nitrogen and oxygen atoms in total. The zero-order valence-electron chi connectivity index (χ0n) is 9.19. The molecule has 78 valence electrons. The van der Waals surface area contributed by atoms with E-state index in [1.54, 1.807) is 11.3 Å². The quantitative estimate of drug-likeness (QED) is 0.769. The highest BCUT2D eigenvalue weighted by molar-refractivity contribution is 7.10. The Bertz CT molecular complexity index is 460. The van der Waals surface area contributed by atoms with E-state index in [4.69, 9.17) is 0 Å². The maximum atomic E-state index is 4.58. The molecule has 0 spiro atoms. The minimum atomic E-state index is 0.494. The molecule has 0 N–H and O–H groups in total. The van der Waals surface area contributed by atoms with E-state index in [2.05, 4.69) is 29.2 Å². The zero-order valence-corrected chi connectivity index (χ0v) is 10.0. The molecule has 0 saturated carbocycles. The fourth-order valence-corrected chi connectivity index (χ4v) is 2.19. The van der Waals surface area contributed by atoms with E-state index in [0.29, 0.717) is 5.92 Å². The van der Waals surface area contributed by atoms with Crippen LogP contribution in [0, 0.1) is 6.92 Å². The maximum absolute atomic E-state index is 4.58. The van der Waals surface area contributed by atoms with Crippen LogP contribution in [0.25, 0.3) is 11.4 Å². The minimum Gasteiger partial charge on any atom is -0.251 e. The molecule has 0 unspecified atom stereocenters. The van der Waals surface area contributed by atoms with Crippen molar-refractivity contribution in [1.82, 2.24) is 9.97 Å². The summed E-state index contributed by atoms with van der Waals surface area (Å²) in [6.07, 6.45) is 0. The van der Waals surface area contributed by atoms with Crippen LogP contribution < -0.4 is 0 Å². The second-order valence-corrected chi connectivity index (χ2v) is 4.78. The van der Waals surface area contributed by atoms with Crippen molar-refractivity contribution in [1.29, 1.82) is 0 Å². The predicted molar refractivity (Wildman–Crippen MR) is 64.2 cm³/mol. The summed E-state index contributed by atoms with van der Waals surface area (Å²) in [5.41, 5.74) is 3.00. The summed E-state index contributed by atoms with van der Waals surface area (Å²) in [5.74, 6) is 0.494. The Hall–Kier alpha value is -1.22. The number of pyridine rings is 1. The summed E-state index contributed by atoms with van der Waals surface area (Å²) in [5, 5.41) is 3.25. The van der Waals surface area contributed by atoms with E-state index in [0.717, 1.165) is 17.1 Å². The van der Waals surface area contributed by atoms with Gasteiger partial charge in [-0.2, -0.15) is 0 Å². The van der Waals surface area contributed by atoms with Gasteiger partial charge in [-0.1, -0.05) is 19.9 Å². The van der Waals surface area contributed by atoms with E-state index < -0.39 is 0 Å². The Morgan fingerprint density at radius 2 is 1.93 bits per heavy atom. The highest BCUT2D eigenvalue weighted by atomic mass is 32.1. The molecule has 0 aliphatic heterocycles. The van der Waals surface area contributed by atoms with Crippen LogP contribution in [0.3, 0.4) is 0 Å². The van der Waals surface area contributed by atoms with Gasteiger partial charge in [-0.15, -0.1) is 11.3 Å². The van der Waals surface area contributed by atoms with Crippen LogP contribution in [0.2, 0.25) is 0 Å². The lowest BCUT2D eigenvalue weighted by atomic mass is 10.2. The van der Waals surface area contributed by atoms with E-state index >= 15 is 0 Å². The third-order valence-corrected chi connectivity index (χ3v) is 3.31. The van der Waals surface area contributed by atoms with Crippen LogP contribution in [0.15, 0.2) is 23.6 Å². The normalized spacial score (nSPS) is 10.9. The average Bonchev–Trinajstić information content (AvgIpc) is 2.66. The van der Waals surface area contributed by atoms with Gasteiger partial charge in [0.2, 0.25) is 0 Å². The van der Waals surface area contributed by atoms with Gasteiger partial charge in [-0.05, 0) is 19.1 Å². The van der Waals surface area contributed by atoms with Gasteiger partial charge in [0.05, 0.1) is 16.4 Å². The number of aryl methyl sites for hydroxylation is 1. The molecule has 0 atom stereocenters. The first-order valence-corrected chi connectivity index (χ1v) is 5.94. The Labute approximate surface area is 94.0 Å². The van der Waals surface area contributed by atoms with Gasteiger partial charge < -0.3 is 0 Å². The highest BCUT2D eigenvalue weighted by Crippen LogP contribution is 2.24.